The van der Waals surface area contributed by atoms with E-state index in [1.807, 2.05) is 13.2 Å². The van der Waals surface area contributed by atoms with E-state index < -0.39 is 10.0 Å². The van der Waals surface area contributed by atoms with Crippen LogP contribution in [-0.2, 0) is 10.0 Å². The van der Waals surface area contributed by atoms with Gasteiger partial charge in [-0.05, 0) is 12.7 Å². The summed E-state index contributed by atoms with van der Waals surface area (Å²) in [7, 11) is -3.49. The number of anilines is 1. The first-order valence-corrected chi connectivity index (χ1v) is 8.52. The monoisotopic (exact) mass is 290 g/mol. The Morgan fingerprint density at radius 1 is 1.28 bits per heavy atom. The Bertz CT molecular complexity index is 447. The van der Waals surface area contributed by atoms with Crippen LogP contribution in [0.15, 0.2) is 17.3 Å². The lowest BCUT2D eigenvalue weighted by atomic mass is 10.5. The van der Waals surface area contributed by atoms with Crippen molar-refractivity contribution >= 4 is 27.7 Å². The fraction of sp³-hybridized carbons (Fsp3) is 0.600. The molecule has 1 aromatic rings. The van der Waals surface area contributed by atoms with Crippen molar-refractivity contribution in [3.63, 3.8) is 0 Å². The van der Waals surface area contributed by atoms with Gasteiger partial charge in [0.15, 0.2) is 0 Å². The normalized spacial score (nSPS) is 11.4. The second-order valence-corrected chi connectivity index (χ2v) is 6.31. The van der Waals surface area contributed by atoms with Gasteiger partial charge in [0.1, 0.15) is 4.90 Å². The van der Waals surface area contributed by atoms with E-state index in [-0.39, 0.29) is 4.90 Å². The van der Waals surface area contributed by atoms with Crippen molar-refractivity contribution in [2.75, 3.05) is 30.4 Å². The second kappa shape index (κ2) is 7.55. The first-order valence-electron chi connectivity index (χ1n) is 5.64. The number of nitrogens with one attached hydrogen (secondary N) is 2. The van der Waals surface area contributed by atoms with Gasteiger partial charge in [-0.3, -0.25) is 0 Å². The van der Waals surface area contributed by atoms with Gasteiger partial charge in [-0.25, -0.2) is 23.1 Å². The zero-order chi connectivity index (χ0) is 13.4. The van der Waals surface area contributed by atoms with Crippen molar-refractivity contribution < 1.29 is 8.42 Å². The quantitative estimate of drug-likeness (QED) is 0.693. The average Bonchev–Trinajstić information content (AvgIpc) is 2.37. The first kappa shape index (κ1) is 15.2. The van der Waals surface area contributed by atoms with Gasteiger partial charge in [0.05, 0.1) is 12.4 Å². The maximum absolute atomic E-state index is 11.8. The molecule has 1 aromatic heterocycles. The third-order valence-corrected chi connectivity index (χ3v) is 4.10. The number of rotatable bonds is 8. The standard InChI is InChI=1S/C10H18N4O2S2/c1-3-4-11-10-12-7-9(8-13-10)18(15,16)14-5-6-17-2/h7-8,14H,3-6H2,1-2H3,(H,11,12,13). The van der Waals surface area contributed by atoms with E-state index >= 15 is 0 Å². The molecule has 0 fully saturated rings. The number of sulfonamides is 1. The van der Waals surface area contributed by atoms with E-state index in [0.717, 1.165) is 18.7 Å². The lowest BCUT2D eigenvalue weighted by Crippen LogP contribution is -2.26. The van der Waals surface area contributed by atoms with E-state index in [4.69, 9.17) is 0 Å². The maximum atomic E-state index is 11.8. The molecule has 6 nitrogen and oxygen atoms in total. The lowest BCUT2D eigenvalue weighted by Gasteiger charge is -2.06. The number of hydrogen-bond donors (Lipinski definition) is 2. The third-order valence-electron chi connectivity index (χ3n) is 2.07. The van der Waals surface area contributed by atoms with Crippen molar-refractivity contribution in [3.8, 4) is 0 Å². The van der Waals surface area contributed by atoms with Crippen LogP contribution in [0.2, 0.25) is 0 Å². The minimum atomic E-state index is -3.49. The van der Waals surface area contributed by atoms with Crippen LogP contribution in [0.3, 0.4) is 0 Å². The molecule has 0 aliphatic heterocycles. The highest BCUT2D eigenvalue weighted by molar-refractivity contribution is 7.98. The van der Waals surface area contributed by atoms with Crippen LogP contribution < -0.4 is 10.0 Å². The Kier molecular flexibility index (Phi) is 6.37. The molecule has 0 aromatic carbocycles. The van der Waals surface area contributed by atoms with Crippen LogP contribution in [0.1, 0.15) is 13.3 Å². The fourth-order valence-corrected chi connectivity index (χ4v) is 2.50. The Balaban J connectivity index is 2.65. The molecule has 0 unspecified atom stereocenters. The molecule has 1 heterocycles. The number of nitrogens with zero attached hydrogens (tertiary/aromatic N) is 2. The maximum Gasteiger partial charge on any atom is 0.243 e. The van der Waals surface area contributed by atoms with E-state index in [0.29, 0.717) is 12.5 Å². The molecular formula is C10H18N4O2S2. The van der Waals surface area contributed by atoms with E-state index in [1.165, 1.54) is 12.4 Å². The first-order chi connectivity index (χ1) is 8.60. The molecule has 0 saturated carbocycles. The van der Waals surface area contributed by atoms with Crippen LogP contribution in [0.5, 0.6) is 0 Å². The van der Waals surface area contributed by atoms with Crippen molar-refractivity contribution in [2.24, 2.45) is 0 Å². The van der Waals surface area contributed by atoms with Crippen LogP contribution in [0.25, 0.3) is 0 Å². The van der Waals surface area contributed by atoms with Gasteiger partial charge in [-0.1, -0.05) is 6.92 Å². The summed E-state index contributed by atoms with van der Waals surface area (Å²) in [6.45, 7) is 3.19. The molecule has 0 amide bonds. The summed E-state index contributed by atoms with van der Waals surface area (Å²) < 4.78 is 26.1. The highest BCUT2D eigenvalue weighted by Gasteiger charge is 2.14. The fourth-order valence-electron chi connectivity index (χ4n) is 1.14. The highest BCUT2D eigenvalue weighted by atomic mass is 32.2. The summed E-state index contributed by atoms with van der Waals surface area (Å²) >= 11 is 1.58. The largest absolute Gasteiger partial charge is 0.354 e. The summed E-state index contributed by atoms with van der Waals surface area (Å²) in [4.78, 5) is 8.02. The Hall–Kier alpha value is -0.860. The molecule has 0 aliphatic rings. The Morgan fingerprint density at radius 3 is 2.50 bits per heavy atom. The van der Waals surface area contributed by atoms with Crippen LogP contribution in [0, 0.1) is 0 Å². The average molecular weight is 290 g/mol. The predicted octanol–water partition coefficient (Wildman–Crippen LogP) is 0.940. The van der Waals surface area contributed by atoms with Crippen molar-refractivity contribution in [3.05, 3.63) is 12.4 Å². The van der Waals surface area contributed by atoms with Crippen molar-refractivity contribution in [2.45, 2.75) is 18.2 Å². The molecule has 2 N–H and O–H groups in total. The zero-order valence-electron chi connectivity index (χ0n) is 10.5. The summed E-state index contributed by atoms with van der Waals surface area (Å²) in [6.07, 6.45) is 5.50. The molecule has 8 heteroatoms. The van der Waals surface area contributed by atoms with Gasteiger partial charge >= 0.3 is 0 Å². The minimum Gasteiger partial charge on any atom is -0.354 e. The molecule has 0 saturated heterocycles. The van der Waals surface area contributed by atoms with Crippen molar-refractivity contribution in [1.82, 2.24) is 14.7 Å². The van der Waals surface area contributed by atoms with E-state index in [1.54, 1.807) is 11.8 Å². The molecule has 0 atom stereocenters. The van der Waals surface area contributed by atoms with Gasteiger partial charge in [0.25, 0.3) is 0 Å². The SMILES string of the molecule is CCCNc1ncc(S(=O)(=O)NCCSC)cn1. The predicted molar refractivity (Wildman–Crippen MR) is 74.4 cm³/mol. The minimum absolute atomic E-state index is 0.0886. The smallest absolute Gasteiger partial charge is 0.243 e. The van der Waals surface area contributed by atoms with Gasteiger partial charge in [0.2, 0.25) is 16.0 Å². The number of hydrogen-bond acceptors (Lipinski definition) is 6. The van der Waals surface area contributed by atoms with Gasteiger partial charge in [-0.15, -0.1) is 0 Å². The van der Waals surface area contributed by atoms with Crippen LogP contribution in [-0.4, -0.2) is 43.5 Å². The topological polar surface area (TPSA) is 84.0 Å². The van der Waals surface area contributed by atoms with Gasteiger partial charge in [0, 0.05) is 18.8 Å². The van der Waals surface area contributed by atoms with Gasteiger partial charge in [-0.2, -0.15) is 11.8 Å². The van der Waals surface area contributed by atoms with E-state index in [9.17, 15) is 8.42 Å². The summed E-state index contributed by atoms with van der Waals surface area (Å²) in [5.41, 5.74) is 0. The molecule has 18 heavy (non-hydrogen) atoms. The van der Waals surface area contributed by atoms with E-state index in [2.05, 4.69) is 20.0 Å². The molecular weight excluding hydrogens is 272 g/mol. The molecule has 102 valence electrons. The third kappa shape index (κ3) is 4.79. The highest BCUT2D eigenvalue weighted by Crippen LogP contribution is 2.07. The molecule has 1 rings (SSSR count). The molecule has 0 aliphatic carbocycles. The van der Waals surface area contributed by atoms with Crippen LogP contribution in [0.4, 0.5) is 5.95 Å². The Labute approximate surface area is 112 Å². The zero-order valence-corrected chi connectivity index (χ0v) is 12.1. The lowest BCUT2D eigenvalue weighted by molar-refractivity contribution is 0.583. The second-order valence-electron chi connectivity index (χ2n) is 3.56. The number of thioether (sulfide) groups is 1. The molecule has 0 spiro atoms. The summed E-state index contributed by atoms with van der Waals surface area (Å²) in [5, 5.41) is 2.98. The van der Waals surface area contributed by atoms with Gasteiger partial charge < -0.3 is 5.32 Å². The summed E-state index contributed by atoms with van der Waals surface area (Å²) in [5.74, 6) is 1.18. The number of aromatic nitrogens is 2. The Morgan fingerprint density at radius 2 is 1.94 bits per heavy atom. The van der Waals surface area contributed by atoms with Crippen molar-refractivity contribution in [1.29, 1.82) is 0 Å². The molecule has 0 bridgehead atoms. The van der Waals surface area contributed by atoms with Crippen LogP contribution >= 0.6 is 11.8 Å². The molecule has 0 radical (unpaired) electrons. The summed E-state index contributed by atoms with van der Waals surface area (Å²) in [6, 6.07) is 0.